The smallest absolute Gasteiger partial charge is 0.342 e. The molecule has 11 heteroatoms. The summed E-state index contributed by atoms with van der Waals surface area (Å²) in [5, 5.41) is 0. The maximum Gasteiger partial charge on any atom is 0.342 e. The Morgan fingerprint density at radius 1 is 0.564 bits per heavy atom. The second-order valence-corrected chi connectivity index (χ2v) is 7.78. The average molecular weight is 545 g/mol. The highest BCUT2D eigenvalue weighted by Crippen LogP contribution is 2.47. The minimum atomic E-state index is -0.785. The first-order valence-electron chi connectivity index (χ1n) is 11.9. The van der Waals surface area contributed by atoms with Crippen molar-refractivity contribution in [1.82, 2.24) is 0 Å². The Hall–Kier alpha value is -4.54. The van der Waals surface area contributed by atoms with E-state index in [1.165, 1.54) is 42.7 Å². The lowest BCUT2D eigenvalue weighted by Gasteiger charge is -2.14. The van der Waals surface area contributed by atoms with Crippen LogP contribution in [0.5, 0.6) is 34.5 Å². The summed E-state index contributed by atoms with van der Waals surface area (Å²) >= 11 is 0. The molecule has 3 rings (SSSR count). The van der Waals surface area contributed by atoms with Crippen molar-refractivity contribution in [2.24, 2.45) is 0 Å². The third kappa shape index (κ3) is 5.52. The molecule has 0 spiro atoms. The van der Waals surface area contributed by atoms with E-state index in [0.717, 1.165) is 0 Å². The molecule has 0 amide bonds. The van der Waals surface area contributed by atoms with Crippen LogP contribution in [-0.2, 0) is 9.47 Å². The van der Waals surface area contributed by atoms with E-state index in [1.54, 1.807) is 38.1 Å². The molecule has 0 radical (unpaired) electrons. The van der Waals surface area contributed by atoms with Gasteiger partial charge in [0, 0.05) is 11.1 Å². The van der Waals surface area contributed by atoms with Crippen LogP contribution in [0, 0.1) is 0 Å². The van der Waals surface area contributed by atoms with Crippen LogP contribution in [0.1, 0.15) is 34.6 Å². The average Bonchev–Trinajstić information content (AvgIpc) is 3.36. The van der Waals surface area contributed by atoms with E-state index in [0.29, 0.717) is 45.6 Å². The summed E-state index contributed by atoms with van der Waals surface area (Å²) in [5.74, 6) is 0.398. The highest BCUT2D eigenvalue weighted by Gasteiger charge is 2.35. The molecule has 0 fully saturated rings. The first-order chi connectivity index (χ1) is 18.8. The SMILES string of the molecule is CCOC(=O)c1c(-c2cc(OC)c(OC)c(OC)c2)oc(-c2cc(OC)c(OC)c(OC)c2)c1C(=O)OCC. The molecule has 0 N–H and O–H groups in total. The van der Waals surface area contributed by atoms with Crippen LogP contribution in [0.4, 0.5) is 0 Å². The van der Waals surface area contributed by atoms with Gasteiger partial charge in [0.25, 0.3) is 0 Å². The summed E-state index contributed by atoms with van der Waals surface area (Å²) in [6.07, 6.45) is 0. The van der Waals surface area contributed by atoms with Crippen LogP contribution < -0.4 is 28.4 Å². The molecule has 0 bridgehead atoms. The molecule has 0 saturated heterocycles. The third-order valence-corrected chi connectivity index (χ3v) is 5.72. The molecule has 0 atom stereocenters. The van der Waals surface area contributed by atoms with E-state index in [2.05, 4.69) is 0 Å². The summed E-state index contributed by atoms with van der Waals surface area (Å²) in [7, 11) is 8.78. The quantitative estimate of drug-likeness (QED) is 0.286. The lowest BCUT2D eigenvalue weighted by atomic mass is 10.0. The normalized spacial score (nSPS) is 10.5. The standard InChI is InChI=1S/C28H32O11/c1-9-37-27(29)21-22(28(30)38-10-2)24(16-13-19(33-5)26(36-8)20(14-16)34-6)39-23(21)15-11-17(31-3)25(35-7)18(12-15)32-4/h11-14H,9-10H2,1-8H3. The minimum Gasteiger partial charge on any atom is -0.493 e. The Kier molecular flexibility index (Phi) is 9.53. The Labute approximate surface area is 226 Å². The summed E-state index contributed by atoms with van der Waals surface area (Å²) in [6, 6.07) is 6.38. The summed E-state index contributed by atoms with van der Waals surface area (Å²) in [6.45, 7) is 3.42. The van der Waals surface area contributed by atoms with E-state index in [1.807, 2.05) is 0 Å². The van der Waals surface area contributed by atoms with Crippen LogP contribution in [0.25, 0.3) is 22.6 Å². The van der Waals surface area contributed by atoms with Gasteiger partial charge in [-0.1, -0.05) is 0 Å². The Balaban J connectivity index is 2.47. The molecule has 0 unspecified atom stereocenters. The predicted octanol–water partition coefficient (Wildman–Crippen LogP) is 5.02. The molecule has 3 aromatic rings. The van der Waals surface area contributed by atoms with Crippen molar-refractivity contribution >= 4 is 11.9 Å². The number of ether oxygens (including phenoxy) is 8. The molecule has 2 aromatic carbocycles. The van der Waals surface area contributed by atoms with Crippen molar-refractivity contribution < 1.29 is 51.9 Å². The highest BCUT2D eigenvalue weighted by molar-refractivity contribution is 6.11. The fraction of sp³-hybridized carbons (Fsp3) is 0.357. The maximum atomic E-state index is 13.3. The highest BCUT2D eigenvalue weighted by atomic mass is 16.5. The fourth-order valence-corrected chi connectivity index (χ4v) is 4.06. The molecular weight excluding hydrogens is 512 g/mol. The van der Waals surface area contributed by atoms with Crippen molar-refractivity contribution in [2.75, 3.05) is 55.9 Å². The predicted molar refractivity (Wildman–Crippen MR) is 141 cm³/mol. The van der Waals surface area contributed by atoms with Gasteiger partial charge in [-0.25, -0.2) is 9.59 Å². The zero-order valence-electron chi connectivity index (χ0n) is 23.2. The molecule has 0 aliphatic rings. The number of benzene rings is 2. The van der Waals surface area contributed by atoms with E-state index < -0.39 is 11.9 Å². The minimum absolute atomic E-state index is 0.0273. The summed E-state index contributed by atoms with van der Waals surface area (Å²) in [4.78, 5) is 26.7. The number of esters is 2. The van der Waals surface area contributed by atoms with Crippen LogP contribution in [0.2, 0.25) is 0 Å². The van der Waals surface area contributed by atoms with Gasteiger partial charge in [-0.2, -0.15) is 0 Å². The van der Waals surface area contributed by atoms with Crippen molar-refractivity contribution in [1.29, 1.82) is 0 Å². The van der Waals surface area contributed by atoms with Gasteiger partial charge in [0.2, 0.25) is 11.5 Å². The van der Waals surface area contributed by atoms with Crippen LogP contribution in [0.3, 0.4) is 0 Å². The molecule has 0 aliphatic carbocycles. The van der Waals surface area contributed by atoms with Crippen molar-refractivity contribution in [3.05, 3.63) is 35.4 Å². The zero-order valence-corrected chi connectivity index (χ0v) is 23.2. The molecule has 11 nitrogen and oxygen atoms in total. The molecule has 0 aliphatic heterocycles. The number of rotatable bonds is 12. The van der Waals surface area contributed by atoms with Gasteiger partial charge in [-0.15, -0.1) is 0 Å². The summed E-state index contributed by atoms with van der Waals surface area (Å²) < 4.78 is 49.7. The number of hydrogen-bond donors (Lipinski definition) is 0. The van der Waals surface area contributed by atoms with Gasteiger partial charge >= 0.3 is 11.9 Å². The number of methoxy groups -OCH3 is 6. The molecule has 39 heavy (non-hydrogen) atoms. The van der Waals surface area contributed by atoms with Gasteiger partial charge in [0.1, 0.15) is 11.1 Å². The van der Waals surface area contributed by atoms with Crippen LogP contribution >= 0.6 is 0 Å². The maximum absolute atomic E-state index is 13.3. The number of carbonyl (C=O) groups is 2. The van der Waals surface area contributed by atoms with Gasteiger partial charge in [0.05, 0.1) is 55.9 Å². The fourth-order valence-electron chi connectivity index (χ4n) is 4.06. The Morgan fingerprint density at radius 2 is 0.872 bits per heavy atom. The summed E-state index contributed by atoms with van der Waals surface area (Å²) in [5.41, 5.74) is 0.454. The van der Waals surface area contributed by atoms with Gasteiger partial charge in [-0.3, -0.25) is 0 Å². The largest absolute Gasteiger partial charge is 0.493 e. The number of furan rings is 1. The first kappa shape index (κ1) is 29.0. The second-order valence-electron chi connectivity index (χ2n) is 7.78. The molecule has 1 heterocycles. The monoisotopic (exact) mass is 544 g/mol. The third-order valence-electron chi connectivity index (χ3n) is 5.72. The lowest BCUT2D eigenvalue weighted by molar-refractivity contribution is 0.0481. The first-order valence-corrected chi connectivity index (χ1v) is 11.9. The molecule has 0 saturated carbocycles. The van der Waals surface area contributed by atoms with Crippen LogP contribution in [-0.4, -0.2) is 67.8 Å². The topological polar surface area (TPSA) is 121 Å². The zero-order chi connectivity index (χ0) is 28.7. The molecule has 210 valence electrons. The van der Waals surface area contributed by atoms with E-state index in [9.17, 15) is 9.59 Å². The van der Waals surface area contributed by atoms with E-state index >= 15 is 0 Å². The van der Waals surface area contributed by atoms with Crippen molar-refractivity contribution in [2.45, 2.75) is 13.8 Å². The van der Waals surface area contributed by atoms with Gasteiger partial charge in [0.15, 0.2) is 34.5 Å². The number of hydrogen-bond acceptors (Lipinski definition) is 11. The van der Waals surface area contributed by atoms with E-state index in [-0.39, 0.29) is 35.9 Å². The molecule has 1 aromatic heterocycles. The lowest BCUT2D eigenvalue weighted by Crippen LogP contribution is -2.14. The van der Waals surface area contributed by atoms with Crippen LogP contribution in [0.15, 0.2) is 28.7 Å². The van der Waals surface area contributed by atoms with Gasteiger partial charge < -0.3 is 42.3 Å². The van der Waals surface area contributed by atoms with Crippen molar-refractivity contribution in [3.63, 3.8) is 0 Å². The molecular formula is C28H32O11. The Bertz CT molecular complexity index is 1190. The van der Waals surface area contributed by atoms with Crippen molar-refractivity contribution in [3.8, 4) is 57.1 Å². The Morgan fingerprint density at radius 3 is 1.10 bits per heavy atom. The van der Waals surface area contributed by atoms with E-state index in [4.69, 9.17) is 42.3 Å². The number of carbonyl (C=O) groups excluding carboxylic acids is 2. The second kappa shape index (κ2) is 12.8. The van der Waals surface area contributed by atoms with Gasteiger partial charge in [-0.05, 0) is 38.1 Å².